The highest BCUT2D eigenvalue weighted by atomic mass is 16.5. The number of hydrogen-bond donors (Lipinski definition) is 1. The van der Waals surface area contributed by atoms with Gasteiger partial charge in [0.25, 0.3) is 0 Å². The van der Waals surface area contributed by atoms with Crippen molar-refractivity contribution in [2.45, 2.75) is 44.8 Å². The van der Waals surface area contributed by atoms with Gasteiger partial charge in [-0.25, -0.2) is 9.78 Å². The summed E-state index contributed by atoms with van der Waals surface area (Å²) in [5.74, 6) is 0.438. The molecular formula is C18H27N3O4. The van der Waals surface area contributed by atoms with E-state index >= 15 is 0 Å². The SMILES string of the molecule is CCOc1ncccc1NC(=O)N(CC1CCCO1)CC1CCCO1. The van der Waals surface area contributed by atoms with Gasteiger partial charge in [0.2, 0.25) is 5.88 Å². The minimum absolute atomic E-state index is 0.104. The zero-order valence-corrected chi connectivity index (χ0v) is 14.8. The fourth-order valence-electron chi connectivity index (χ4n) is 3.24. The highest BCUT2D eigenvalue weighted by Gasteiger charge is 2.27. The quantitative estimate of drug-likeness (QED) is 0.819. The zero-order valence-electron chi connectivity index (χ0n) is 14.8. The molecule has 2 aliphatic heterocycles. The number of urea groups is 1. The van der Waals surface area contributed by atoms with Crippen LogP contribution in [0.3, 0.4) is 0 Å². The van der Waals surface area contributed by atoms with Gasteiger partial charge in [-0.1, -0.05) is 0 Å². The standard InChI is InChI=1S/C18H27N3O4/c1-2-23-17-16(8-3-9-19-17)20-18(22)21(12-14-6-4-10-24-14)13-15-7-5-11-25-15/h3,8-9,14-15H,2,4-7,10-13H2,1H3,(H,20,22). The normalized spacial score (nSPS) is 22.8. The molecule has 25 heavy (non-hydrogen) atoms. The Morgan fingerprint density at radius 2 is 1.96 bits per heavy atom. The van der Waals surface area contributed by atoms with Crippen LogP contribution in [0.5, 0.6) is 5.88 Å². The fourth-order valence-corrected chi connectivity index (χ4v) is 3.24. The molecule has 2 unspecified atom stereocenters. The van der Waals surface area contributed by atoms with Crippen LogP contribution in [0.15, 0.2) is 18.3 Å². The number of carbonyl (C=O) groups excluding carboxylic acids is 1. The molecule has 0 bridgehead atoms. The van der Waals surface area contributed by atoms with Crippen LogP contribution in [0.4, 0.5) is 10.5 Å². The largest absolute Gasteiger partial charge is 0.476 e. The highest BCUT2D eigenvalue weighted by molar-refractivity contribution is 5.90. The minimum atomic E-state index is -0.167. The first-order valence-electron chi connectivity index (χ1n) is 9.13. The Kier molecular flexibility index (Phi) is 6.47. The molecular weight excluding hydrogens is 322 g/mol. The summed E-state index contributed by atoms with van der Waals surface area (Å²) in [4.78, 5) is 18.8. The molecule has 0 saturated carbocycles. The predicted octanol–water partition coefficient (Wildman–Crippen LogP) is 2.67. The average molecular weight is 349 g/mol. The number of nitrogens with one attached hydrogen (secondary N) is 1. The van der Waals surface area contributed by atoms with Gasteiger partial charge in [-0.3, -0.25) is 0 Å². The van der Waals surface area contributed by atoms with Gasteiger partial charge in [0.1, 0.15) is 5.69 Å². The van der Waals surface area contributed by atoms with Crippen LogP contribution in [0, 0.1) is 0 Å². The smallest absolute Gasteiger partial charge is 0.322 e. The number of nitrogens with zero attached hydrogens (tertiary/aromatic N) is 2. The highest BCUT2D eigenvalue weighted by Crippen LogP contribution is 2.22. The van der Waals surface area contributed by atoms with Crippen molar-refractivity contribution in [2.75, 3.05) is 38.2 Å². The van der Waals surface area contributed by atoms with Gasteiger partial charge in [0, 0.05) is 32.5 Å². The monoisotopic (exact) mass is 349 g/mol. The third-order valence-electron chi connectivity index (χ3n) is 4.48. The Bertz CT molecular complexity index is 539. The second-order valence-corrected chi connectivity index (χ2v) is 6.39. The first-order chi connectivity index (χ1) is 12.3. The summed E-state index contributed by atoms with van der Waals surface area (Å²) < 4.78 is 16.9. The number of carbonyl (C=O) groups is 1. The molecule has 7 nitrogen and oxygen atoms in total. The van der Waals surface area contributed by atoms with Crippen LogP contribution >= 0.6 is 0 Å². The number of rotatable bonds is 7. The first-order valence-corrected chi connectivity index (χ1v) is 9.13. The van der Waals surface area contributed by atoms with E-state index in [4.69, 9.17) is 14.2 Å². The van der Waals surface area contributed by atoms with Gasteiger partial charge in [-0.05, 0) is 44.7 Å². The Labute approximate surface area is 148 Å². The topological polar surface area (TPSA) is 72.9 Å². The lowest BCUT2D eigenvalue weighted by Gasteiger charge is -2.28. The van der Waals surface area contributed by atoms with Crippen molar-refractivity contribution in [1.29, 1.82) is 0 Å². The summed E-state index contributed by atoms with van der Waals surface area (Å²) in [6.07, 6.45) is 5.95. The third kappa shape index (κ3) is 5.06. The van der Waals surface area contributed by atoms with Crippen LogP contribution < -0.4 is 10.1 Å². The van der Waals surface area contributed by atoms with Crippen molar-refractivity contribution in [3.8, 4) is 5.88 Å². The summed E-state index contributed by atoms with van der Waals surface area (Å²) in [6, 6.07) is 3.41. The molecule has 2 fully saturated rings. The van der Waals surface area contributed by atoms with E-state index < -0.39 is 0 Å². The number of pyridine rings is 1. The van der Waals surface area contributed by atoms with Crippen molar-refractivity contribution >= 4 is 11.7 Å². The van der Waals surface area contributed by atoms with E-state index in [1.165, 1.54) is 0 Å². The summed E-state index contributed by atoms with van der Waals surface area (Å²) in [7, 11) is 0. The van der Waals surface area contributed by atoms with Gasteiger partial charge in [0.15, 0.2) is 0 Å². The predicted molar refractivity (Wildman–Crippen MR) is 93.9 cm³/mol. The summed E-state index contributed by atoms with van der Waals surface area (Å²) in [5, 5.41) is 2.93. The molecule has 0 aromatic carbocycles. The molecule has 0 radical (unpaired) electrons. The van der Waals surface area contributed by atoms with Crippen LogP contribution in [0.25, 0.3) is 0 Å². The van der Waals surface area contributed by atoms with Crippen molar-refractivity contribution in [3.05, 3.63) is 18.3 Å². The number of aromatic nitrogens is 1. The summed E-state index contributed by atoms with van der Waals surface area (Å²) in [6.45, 7) is 5.09. The van der Waals surface area contributed by atoms with E-state index in [2.05, 4.69) is 10.3 Å². The molecule has 0 aliphatic carbocycles. The molecule has 1 aromatic rings. The van der Waals surface area contributed by atoms with Gasteiger partial charge >= 0.3 is 6.03 Å². The molecule has 3 heterocycles. The number of hydrogen-bond acceptors (Lipinski definition) is 5. The van der Waals surface area contributed by atoms with Crippen molar-refractivity contribution in [1.82, 2.24) is 9.88 Å². The lowest BCUT2D eigenvalue weighted by atomic mass is 10.2. The Hall–Kier alpha value is -1.86. The molecule has 1 N–H and O–H groups in total. The molecule has 2 saturated heterocycles. The van der Waals surface area contributed by atoms with Crippen molar-refractivity contribution in [3.63, 3.8) is 0 Å². The lowest BCUT2D eigenvalue weighted by molar-refractivity contribution is 0.0524. The van der Waals surface area contributed by atoms with E-state index in [0.29, 0.717) is 31.3 Å². The van der Waals surface area contributed by atoms with E-state index in [-0.39, 0.29) is 18.2 Å². The Balaban J connectivity index is 1.66. The zero-order chi connectivity index (χ0) is 17.5. The molecule has 2 atom stereocenters. The second-order valence-electron chi connectivity index (χ2n) is 6.39. The van der Waals surface area contributed by atoms with E-state index in [1.807, 2.05) is 6.92 Å². The van der Waals surface area contributed by atoms with Gasteiger partial charge in [-0.15, -0.1) is 0 Å². The summed E-state index contributed by atoms with van der Waals surface area (Å²) in [5.41, 5.74) is 0.582. The first kappa shape index (κ1) is 17.9. The van der Waals surface area contributed by atoms with Gasteiger partial charge < -0.3 is 24.4 Å². The maximum Gasteiger partial charge on any atom is 0.322 e. The Morgan fingerprint density at radius 1 is 1.28 bits per heavy atom. The molecule has 2 aliphatic rings. The van der Waals surface area contributed by atoms with E-state index in [0.717, 1.165) is 38.9 Å². The molecule has 3 rings (SSSR count). The minimum Gasteiger partial charge on any atom is -0.476 e. The molecule has 1 aromatic heterocycles. The van der Waals surface area contributed by atoms with Crippen LogP contribution in [0.2, 0.25) is 0 Å². The lowest BCUT2D eigenvalue weighted by Crippen LogP contribution is -2.44. The number of amides is 2. The number of ether oxygens (including phenoxy) is 3. The van der Waals surface area contributed by atoms with Crippen LogP contribution in [-0.4, -0.2) is 61.0 Å². The average Bonchev–Trinajstić information content (AvgIpc) is 3.30. The third-order valence-corrected chi connectivity index (χ3v) is 4.48. The van der Waals surface area contributed by atoms with Gasteiger partial charge in [0.05, 0.1) is 18.8 Å². The molecule has 0 spiro atoms. The maximum absolute atomic E-state index is 12.9. The fraction of sp³-hybridized carbons (Fsp3) is 0.667. The van der Waals surface area contributed by atoms with E-state index in [1.54, 1.807) is 23.2 Å². The summed E-state index contributed by atoms with van der Waals surface area (Å²) >= 11 is 0. The van der Waals surface area contributed by atoms with Crippen LogP contribution in [0.1, 0.15) is 32.6 Å². The van der Waals surface area contributed by atoms with E-state index in [9.17, 15) is 4.79 Å². The molecule has 2 amide bonds. The molecule has 7 heteroatoms. The Morgan fingerprint density at radius 3 is 2.52 bits per heavy atom. The second kappa shape index (κ2) is 9.01. The molecule has 138 valence electrons. The van der Waals surface area contributed by atoms with Crippen molar-refractivity contribution < 1.29 is 19.0 Å². The van der Waals surface area contributed by atoms with Gasteiger partial charge in [-0.2, -0.15) is 0 Å². The maximum atomic E-state index is 12.9. The van der Waals surface area contributed by atoms with Crippen molar-refractivity contribution in [2.24, 2.45) is 0 Å². The van der Waals surface area contributed by atoms with Crippen LogP contribution in [-0.2, 0) is 9.47 Å². The number of anilines is 1.